The maximum atomic E-state index is 12.5. The second-order valence-electron chi connectivity index (χ2n) is 4.84. The van der Waals surface area contributed by atoms with E-state index in [9.17, 15) is 14.4 Å². The fourth-order valence-electron chi connectivity index (χ4n) is 2.29. The van der Waals surface area contributed by atoms with E-state index in [1.807, 2.05) is 13.8 Å². The van der Waals surface area contributed by atoms with Gasteiger partial charge in [-0.1, -0.05) is 63.6 Å². The summed E-state index contributed by atoms with van der Waals surface area (Å²) in [5.74, 6) is -1.27. The van der Waals surface area contributed by atoms with Crippen molar-refractivity contribution in [2.24, 2.45) is 0 Å². The molecule has 0 aromatic rings. The summed E-state index contributed by atoms with van der Waals surface area (Å²) in [5.41, 5.74) is 0.983. The third kappa shape index (κ3) is 3.58. The molecule has 0 atom stereocenters. The minimum atomic E-state index is -0.657. The number of carbonyl (C=O) groups excluding carboxylic acids is 3. The highest BCUT2D eigenvalue weighted by Gasteiger charge is 2.40. The van der Waals surface area contributed by atoms with Gasteiger partial charge >= 0.3 is 6.03 Å². The van der Waals surface area contributed by atoms with Gasteiger partial charge in [-0.25, -0.2) is 4.79 Å². The molecule has 0 saturated carbocycles. The SMILES string of the molecule is C=CC1=CC(=C2C(=O)N(C)C(=O)N(C)C2=O)C(C=C)=C(C=C)S1.CC. The van der Waals surface area contributed by atoms with E-state index in [2.05, 4.69) is 19.7 Å². The number of imide groups is 2. The van der Waals surface area contributed by atoms with E-state index in [-0.39, 0.29) is 5.57 Å². The molecule has 0 N–H and O–H groups in total. The number of nitrogens with zero attached hydrogens (tertiary/aromatic N) is 2. The number of barbiturate groups is 1. The summed E-state index contributed by atoms with van der Waals surface area (Å²) in [6.07, 6.45) is 6.53. The van der Waals surface area contributed by atoms with Crippen molar-refractivity contribution in [1.82, 2.24) is 9.80 Å². The van der Waals surface area contributed by atoms with Crippen molar-refractivity contribution in [1.29, 1.82) is 0 Å². The standard InChI is InChI=1S/C17H16N2O3S.C2H6/c1-6-10-9-12(11(7-2)13(8-3)23-10)14-15(20)18(4)17(22)19(5)16(14)21;1-2/h6-9H,1-3H2,4-5H3;1-2H3. The molecule has 25 heavy (non-hydrogen) atoms. The van der Waals surface area contributed by atoms with Crippen LogP contribution >= 0.6 is 11.8 Å². The first-order valence-electron chi connectivity index (χ1n) is 7.73. The summed E-state index contributed by atoms with van der Waals surface area (Å²) >= 11 is 1.42. The summed E-state index contributed by atoms with van der Waals surface area (Å²) in [7, 11) is 2.69. The van der Waals surface area contributed by atoms with Crippen LogP contribution < -0.4 is 0 Å². The van der Waals surface area contributed by atoms with E-state index < -0.39 is 17.8 Å². The van der Waals surface area contributed by atoms with Gasteiger partial charge in [0.15, 0.2) is 0 Å². The Labute approximate surface area is 152 Å². The summed E-state index contributed by atoms with van der Waals surface area (Å²) in [5, 5.41) is 0. The first-order valence-corrected chi connectivity index (χ1v) is 8.54. The van der Waals surface area contributed by atoms with E-state index in [1.54, 1.807) is 24.3 Å². The van der Waals surface area contributed by atoms with Crippen LogP contribution in [0.4, 0.5) is 4.79 Å². The number of amides is 4. The number of allylic oxidation sites excluding steroid dienone is 6. The molecule has 0 bridgehead atoms. The quantitative estimate of drug-likeness (QED) is 0.569. The van der Waals surface area contributed by atoms with Crippen LogP contribution in [0.1, 0.15) is 13.8 Å². The van der Waals surface area contributed by atoms with E-state index in [4.69, 9.17) is 0 Å². The maximum absolute atomic E-state index is 12.5. The molecule has 0 aromatic heterocycles. The highest BCUT2D eigenvalue weighted by molar-refractivity contribution is 8.07. The van der Waals surface area contributed by atoms with Crippen molar-refractivity contribution in [3.63, 3.8) is 0 Å². The molecule has 1 saturated heterocycles. The van der Waals surface area contributed by atoms with Gasteiger partial charge < -0.3 is 0 Å². The summed E-state index contributed by atoms with van der Waals surface area (Å²) in [6, 6.07) is -0.657. The fourth-order valence-corrected chi connectivity index (χ4v) is 3.19. The van der Waals surface area contributed by atoms with Crippen molar-refractivity contribution in [2.45, 2.75) is 13.8 Å². The average molecular weight is 358 g/mol. The van der Waals surface area contributed by atoms with Crippen molar-refractivity contribution in [3.05, 3.63) is 70.6 Å². The molecular formula is C19H22N2O3S. The predicted molar refractivity (Wildman–Crippen MR) is 103 cm³/mol. The Morgan fingerprint density at radius 2 is 1.44 bits per heavy atom. The average Bonchev–Trinajstić information content (AvgIpc) is 2.65. The Hall–Kier alpha value is -2.60. The molecule has 0 aliphatic carbocycles. The van der Waals surface area contributed by atoms with Gasteiger partial charge in [0, 0.05) is 29.5 Å². The molecule has 6 heteroatoms. The third-order valence-electron chi connectivity index (χ3n) is 3.54. The largest absolute Gasteiger partial charge is 0.333 e. The molecular weight excluding hydrogens is 336 g/mol. The second-order valence-corrected chi connectivity index (χ2v) is 5.95. The molecule has 132 valence electrons. The summed E-state index contributed by atoms with van der Waals surface area (Å²) in [6.45, 7) is 15.2. The van der Waals surface area contributed by atoms with Crippen LogP contribution in [0.2, 0.25) is 0 Å². The van der Waals surface area contributed by atoms with E-state index in [1.165, 1.54) is 25.9 Å². The molecule has 0 aromatic carbocycles. The molecule has 5 nitrogen and oxygen atoms in total. The zero-order chi connectivity index (χ0) is 19.3. The van der Waals surface area contributed by atoms with E-state index >= 15 is 0 Å². The molecule has 2 aliphatic heterocycles. The van der Waals surface area contributed by atoms with Crippen LogP contribution in [0.25, 0.3) is 0 Å². The van der Waals surface area contributed by atoms with Gasteiger partial charge in [-0.15, -0.1) is 0 Å². The van der Waals surface area contributed by atoms with E-state index in [0.717, 1.165) is 19.6 Å². The number of hydrogen-bond donors (Lipinski definition) is 0. The van der Waals surface area contributed by atoms with Crippen LogP contribution in [0.15, 0.2) is 70.6 Å². The first-order chi connectivity index (χ1) is 11.9. The molecule has 2 heterocycles. The molecule has 1 fully saturated rings. The van der Waals surface area contributed by atoms with Gasteiger partial charge in [-0.2, -0.15) is 0 Å². The zero-order valence-corrected chi connectivity index (χ0v) is 15.8. The maximum Gasteiger partial charge on any atom is 0.333 e. The zero-order valence-electron chi connectivity index (χ0n) is 15.0. The summed E-state index contributed by atoms with van der Waals surface area (Å²) < 4.78 is 0. The van der Waals surface area contributed by atoms with E-state index in [0.29, 0.717) is 11.1 Å². The van der Waals surface area contributed by atoms with Gasteiger partial charge in [0.25, 0.3) is 11.8 Å². The van der Waals surface area contributed by atoms with Gasteiger partial charge in [-0.3, -0.25) is 19.4 Å². The number of hydrogen-bond acceptors (Lipinski definition) is 4. The lowest BCUT2D eigenvalue weighted by atomic mass is 9.95. The predicted octanol–water partition coefficient (Wildman–Crippen LogP) is 3.80. The normalized spacial score (nSPS) is 17.9. The highest BCUT2D eigenvalue weighted by Crippen LogP contribution is 2.40. The van der Waals surface area contributed by atoms with Crippen LogP contribution in [0.3, 0.4) is 0 Å². The Kier molecular flexibility index (Phi) is 6.94. The third-order valence-corrected chi connectivity index (χ3v) is 4.67. The fraction of sp³-hybridized carbons (Fsp3) is 0.211. The monoisotopic (exact) mass is 358 g/mol. The molecule has 0 unspecified atom stereocenters. The van der Waals surface area contributed by atoms with Gasteiger partial charge in [0.1, 0.15) is 5.57 Å². The van der Waals surface area contributed by atoms with Crippen LogP contribution in [0.5, 0.6) is 0 Å². The van der Waals surface area contributed by atoms with Gasteiger partial charge in [0.2, 0.25) is 0 Å². The second kappa shape index (κ2) is 8.48. The smallest absolute Gasteiger partial charge is 0.268 e. The summed E-state index contributed by atoms with van der Waals surface area (Å²) in [4.78, 5) is 40.2. The van der Waals surface area contributed by atoms with Gasteiger partial charge in [0.05, 0.1) is 0 Å². The molecule has 0 spiro atoms. The van der Waals surface area contributed by atoms with Crippen LogP contribution in [-0.2, 0) is 9.59 Å². The molecule has 4 amide bonds. The Morgan fingerprint density at radius 3 is 1.84 bits per heavy atom. The van der Waals surface area contributed by atoms with Crippen molar-refractivity contribution >= 4 is 29.6 Å². The topological polar surface area (TPSA) is 57.7 Å². The number of carbonyl (C=O) groups is 3. The number of thioether (sulfide) groups is 1. The molecule has 2 rings (SSSR count). The molecule has 0 radical (unpaired) electrons. The van der Waals surface area contributed by atoms with Crippen molar-refractivity contribution < 1.29 is 14.4 Å². The minimum absolute atomic E-state index is 0.0662. The van der Waals surface area contributed by atoms with Crippen molar-refractivity contribution in [3.8, 4) is 0 Å². The Balaban J connectivity index is 0.00000151. The molecule has 2 aliphatic rings. The minimum Gasteiger partial charge on any atom is -0.268 e. The lowest BCUT2D eigenvalue weighted by Crippen LogP contribution is -2.53. The number of likely N-dealkylation sites (N-methyl/N-ethyl adjacent to an activating group) is 2. The lowest BCUT2D eigenvalue weighted by Gasteiger charge is -2.31. The van der Waals surface area contributed by atoms with Crippen LogP contribution in [0, 0.1) is 0 Å². The Morgan fingerprint density at radius 1 is 0.920 bits per heavy atom. The number of rotatable bonds is 3. The van der Waals surface area contributed by atoms with Crippen LogP contribution in [-0.4, -0.2) is 41.7 Å². The first kappa shape index (κ1) is 20.4. The Bertz CT molecular complexity index is 731. The number of urea groups is 1. The lowest BCUT2D eigenvalue weighted by molar-refractivity contribution is -0.134. The van der Waals surface area contributed by atoms with Gasteiger partial charge in [-0.05, 0) is 11.6 Å². The van der Waals surface area contributed by atoms with Crippen molar-refractivity contribution in [2.75, 3.05) is 14.1 Å². The highest BCUT2D eigenvalue weighted by atomic mass is 32.2.